The van der Waals surface area contributed by atoms with Crippen LogP contribution in [0, 0.1) is 35.5 Å². The van der Waals surface area contributed by atoms with Crippen LogP contribution < -0.4 is 0 Å². The summed E-state index contributed by atoms with van der Waals surface area (Å²) in [5.41, 5.74) is 0. The van der Waals surface area contributed by atoms with Gasteiger partial charge in [-0.2, -0.15) is 0 Å². The van der Waals surface area contributed by atoms with Crippen molar-refractivity contribution in [1.82, 2.24) is 14.2 Å². The Hall–Kier alpha value is 0.0748. The average molecular weight is 501 g/mol. The molecule has 0 saturated carbocycles. The van der Waals surface area contributed by atoms with Crippen LogP contribution in [-0.2, 0) is 0 Å². The molecule has 36 heavy (non-hydrogen) atoms. The Morgan fingerprint density at radius 2 is 0.556 bits per heavy atom. The molecular weight excluding hydrogens is 435 g/mol. The van der Waals surface area contributed by atoms with E-state index in [0.717, 1.165) is 35.5 Å². The van der Waals surface area contributed by atoms with E-state index in [-0.39, 0.29) is 0 Å². The van der Waals surface area contributed by atoms with E-state index in [2.05, 4.69) is 97.3 Å². The zero-order chi connectivity index (χ0) is 27.4. The Morgan fingerprint density at radius 1 is 0.361 bits per heavy atom. The Morgan fingerprint density at radius 3 is 0.722 bits per heavy atom. The van der Waals surface area contributed by atoms with E-state index >= 15 is 0 Å². The van der Waals surface area contributed by atoms with Crippen molar-refractivity contribution in [3.8, 4) is 0 Å². The van der Waals surface area contributed by atoms with Crippen LogP contribution in [0.2, 0.25) is 19.0 Å². The molecule has 6 heteroatoms. The van der Waals surface area contributed by atoms with Gasteiger partial charge in [-0.25, -0.2) is 0 Å². The fourth-order valence-corrected chi connectivity index (χ4v) is 5.76. The zero-order valence-electron chi connectivity index (χ0n) is 27.0. The molecule has 0 aliphatic carbocycles. The van der Waals surface area contributed by atoms with Gasteiger partial charge in [-0.15, -0.1) is 0 Å². The summed E-state index contributed by atoms with van der Waals surface area (Å²) in [4.78, 5) is 0. The van der Waals surface area contributed by atoms with Crippen molar-refractivity contribution in [1.29, 1.82) is 0 Å². The van der Waals surface area contributed by atoms with Crippen LogP contribution >= 0.6 is 0 Å². The lowest BCUT2D eigenvalue weighted by Gasteiger charge is -2.57. The second-order valence-electron chi connectivity index (χ2n) is 13.3. The van der Waals surface area contributed by atoms with Gasteiger partial charge in [0.1, 0.15) is 0 Å². The largest absolute Gasteiger partial charge is 0.357 e. The molecular formula is C30H66B3N3. The topological polar surface area (TPSA) is 9.72 Å². The van der Waals surface area contributed by atoms with Crippen LogP contribution in [-0.4, -0.2) is 54.7 Å². The van der Waals surface area contributed by atoms with E-state index in [9.17, 15) is 0 Å². The molecule has 1 aliphatic heterocycles. The summed E-state index contributed by atoms with van der Waals surface area (Å²) >= 11 is 0. The van der Waals surface area contributed by atoms with E-state index in [1.807, 2.05) is 0 Å². The second-order valence-corrected chi connectivity index (χ2v) is 13.3. The van der Waals surface area contributed by atoms with Crippen LogP contribution in [0.5, 0.6) is 0 Å². The fourth-order valence-electron chi connectivity index (χ4n) is 5.76. The Bertz CT molecular complexity index is 429. The van der Waals surface area contributed by atoms with Crippen molar-refractivity contribution in [3.05, 3.63) is 0 Å². The third-order valence-electron chi connectivity index (χ3n) is 9.89. The van der Waals surface area contributed by atoms with Crippen molar-refractivity contribution in [2.24, 2.45) is 35.5 Å². The summed E-state index contributed by atoms with van der Waals surface area (Å²) in [5, 5.41) is 0. The quantitative estimate of drug-likeness (QED) is 0.174. The molecule has 1 aliphatic rings. The highest BCUT2D eigenvalue weighted by atomic mass is 15.3. The molecule has 0 aromatic heterocycles. The first-order valence-electron chi connectivity index (χ1n) is 16.3. The minimum Gasteiger partial charge on any atom is -0.357 e. The molecule has 0 N–H and O–H groups in total. The van der Waals surface area contributed by atoms with Gasteiger partial charge < -0.3 is 14.2 Å². The van der Waals surface area contributed by atoms with E-state index in [0.29, 0.717) is 20.9 Å². The number of nitrogens with zero attached hydrogens (tertiary/aromatic N) is 3. The van der Waals surface area contributed by atoms with Gasteiger partial charge in [0.15, 0.2) is 0 Å². The summed E-state index contributed by atoms with van der Waals surface area (Å²) in [5.74, 6) is 4.53. The summed E-state index contributed by atoms with van der Waals surface area (Å²) in [6, 6.07) is 0. The maximum Gasteiger partial charge on any atom is 0.290 e. The molecule has 1 saturated heterocycles. The molecule has 1 rings (SSSR count). The third kappa shape index (κ3) is 10.3. The minimum absolute atomic E-state index is 0.569. The lowest BCUT2D eigenvalue weighted by atomic mass is 9.37. The highest BCUT2D eigenvalue weighted by Gasteiger charge is 2.52. The SMILES string of the molecule is CCC(C)CB1N(CC(C)CC)B(CC(C)CC)N(CC(C)CC)B(CC(C)CC)N1CC(C)CC. The predicted octanol–water partition coefficient (Wildman–Crippen LogP) is 8.65. The van der Waals surface area contributed by atoms with Crippen molar-refractivity contribution < 1.29 is 0 Å². The van der Waals surface area contributed by atoms with E-state index < -0.39 is 0 Å². The molecule has 6 atom stereocenters. The minimum atomic E-state index is 0.569. The number of hydrogen-bond donors (Lipinski definition) is 0. The van der Waals surface area contributed by atoms with Gasteiger partial charge in [0.2, 0.25) is 0 Å². The first-order chi connectivity index (χ1) is 17.1. The summed E-state index contributed by atoms with van der Waals surface area (Å²) < 4.78 is 9.10. The number of rotatable bonds is 18. The van der Waals surface area contributed by atoms with E-state index in [4.69, 9.17) is 0 Å². The second kappa shape index (κ2) is 17.6. The van der Waals surface area contributed by atoms with Gasteiger partial charge in [0.25, 0.3) is 20.9 Å². The van der Waals surface area contributed by atoms with Crippen LogP contribution in [0.4, 0.5) is 0 Å². The average Bonchev–Trinajstić information content (AvgIpc) is 2.88. The molecule has 6 unspecified atom stereocenters. The third-order valence-corrected chi connectivity index (χ3v) is 9.89. The predicted molar refractivity (Wildman–Crippen MR) is 169 cm³/mol. The number of hydrogen-bond acceptors (Lipinski definition) is 3. The Labute approximate surface area is 230 Å². The van der Waals surface area contributed by atoms with Gasteiger partial charge >= 0.3 is 0 Å². The van der Waals surface area contributed by atoms with Crippen LogP contribution in [0.3, 0.4) is 0 Å². The van der Waals surface area contributed by atoms with Gasteiger partial charge in [-0.1, -0.05) is 122 Å². The summed E-state index contributed by atoms with van der Waals surface area (Å²) in [7, 11) is 0. The molecule has 3 nitrogen and oxygen atoms in total. The van der Waals surface area contributed by atoms with Gasteiger partial charge in [0.05, 0.1) is 0 Å². The molecule has 0 aromatic carbocycles. The lowest BCUT2D eigenvalue weighted by Crippen LogP contribution is -2.79. The molecule has 0 radical (unpaired) electrons. The van der Waals surface area contributed by atoms with Gasteiger partial charge in [0, 0.05) is 0 Å². The normalized spacial score (nSPS) is 21.5. The molecule has 0 bridgehead atoms. The van der Waals surface area contributed by atoms with Crippen molar-refractivity contribution >= 4 is 20.9 Å². The summed E-state index contributed by atoms with van der Waals surface area (Å²) in [6.07, 6.45) is 11.6. The van der Waals surface area contributed by atoms with Crippen LogP contribution in [0.15, 0.2) is 0 Å². The molecule has 0 amide bonds. The van der Waals surface area contributed by atoms with E-state index in [1.165, 1.54) is 77.1 Å². The molecule has 210 valence electrons. The van der Waals surface area contributed by atoms with Crippen molar-refractivity contribution in [3.63, 3.8) is 0 Å². The van der Waals surface area contributed by atoms with E-state index in [1.54, 1.807) is 0 Å². The first-order valence-corrected chi connectivity index (χ1v) is 16.3. The molecule has 1 fully saturated rings. The van der Waals surface area contributed by atoms with Gasteiger partial charge in [-0.3, -0.25) is 0 Å². The van der Waals surface area contributed by atoms with Crippen molar-refractivity contribution in [2.45, 2.75) is 141 Å². The maximum absolute atomic E-state index is 3.03. The Balaban J connectivity index is 3.73. The molecule has 1 heterocycles. The van der Waals surface area contributed by atoms with Crippen LogP contribution in [0.1, 0.15) is 122 Å². The smallest absolute Gasteiger partial charge is 0.290 e. The highest BCUT2D eigenvalue weighted by Crippen LogP contribution is 2.34. The van der Waals surface area contributed by atoms with Gasteiger partial charge in [-0.05, 0) is 74.1 Å². The standard InChI is InChI=1S/C30H66B3N3/c1-13-25(7)19-31-34(22-28(10)16-4)32(20-26(8)14-2)36(24-30(12)18-6)33(21-27(9)15-3)35(31)23-29(11)17-5/h25-30H,13-24H2,1-12H3. The lowest BCUT2D eigenvalue weighted by molar-refractivity contribution is 0.325. The fraction of sp³-hybridized carbons (Fsp3) is 1.00. The Kier molecular flexibility index (Phi) is 16.7. The van der Waals surface area contributed by atoms with Crippen LogP contribution in [0.25, 0.3) is 0 Å². The molecule has 0 spiro atoms. The zero-order valence-corrected chi connectivity index (χ0v) is 27.0. The monoisotopic (exact) mass is 502 g/mol. The molecule has 0 aromatic rings. The highest BCUT2D eigenvalue weighted by molar-refractivity contribution is 6.86. The van der Waals surface area contributed by atoms with Crippen molar-refractivity contribution in [2.75, 3.05) is 19.6 Å². The first kappa shape index (κ1) is 34.1. The maximum atomic E-state index is 3.03. The summed E-state index contributed by atoms with van der Waals surface area (Å²) in [6.45, 7) is 34.8.